The lowest BCUT2D eigenvalue weighted by Crippen LogP contribution is -2.43. The van der Waals surface area contributed by atoms with Crippen LogP contribution in [0.4, 0.5) is 0 Å². The van der Waals surface area contributed by atoms with E-state index in [1.54, 1.807) is 23.1 Å². The van der Waals surface area contributed by atoms with Crippen LogP contribution in [0.15, 0.2) is 34.7 Å². The van der Waals surface area contributed by atoms with Crippen molar-refractivity contribution in [1.29, 1.82) is 0 Å². The summed E-state index contributed by atoms with van der Waals surface area (Å²) in [4.78, 5) is 14.8. The highest BCUT2D eigenvalue weighted by Crippen LogP contribution is 2.22. The summed E-state index contributed by atoms with van der Waals surface area (Å²) in [5, 5.41) is 12.1. The largest absolute Gasteiger partial charge is 0.354 e. The lowest BCUT2D eigenvalue weighted by molar-refractivity contribution is -0.125. The molecule has 0 bridgehead atoms. The van der Waals surface area contributed by atoms with E-state index in [1.165, 1.54) is 5.56 Å². The van der Waals surface area contributed by atoms with E-state index >= 15 is 0 Å². The third-order valence-corrected chi connectivity index (χ3v) is 6.00. The fraction of sp³-hybridized carbons (Fsp3) is 0.471. The van der Waals surface area contributed by atoms with Crippen molar-refractivity contribution in [2.24, 2.45) is 0 Å². The summed E-state index contributed by atoms with van der Waals surface area (Å²) in [6.45, 7) is 4.45. The molecule has 2 heterocycles. The van der Waals surface area contributed by atoms with Crippen LogP contribution in [0.1, 0.15) is 23.4 Å². The molecular formula is C17H22N4OS2. The van der Waals surface area contributed by atoms with Gasteiger partial charge in [-0.3, -0.25) is 9.69 Å². The van der Waals surface area contributed by atoms with Gasteiger partial charge >= 0.3 is 0 Å². The number of nitrogens with one attached hydrogen (secondary N) is 1. The fourth-order valence-corrected chi connectivity index (χ4v) is 4.64. The first-order valence-corrected chi connectivity index (χ1v) is 10.0. The van der Waals surface area contributed by atoms with Crippen LogP contribution in [-0.4, -0.2) is 45.9 Å². The summed E-state index contributed by atoms with van der Waals surface area (Å²) in [7, 11) is 0. The number of aryl methyl sites for hydroxylation is 1. The van der Waals surface area contributed by atoms with Crippen molar-refractivity contribution in [2.45, 2.75) is 36.7 Å². The zero-order valence-corrected chi connectivity index (χ0v) is 15.4. The van der Waals surface area contributed by atoms with Gasteiger partial charge in [0.25, 0.3) is 0 Å². The Kier molecular flexibility index (Phi) is 6.23. The lowest BCUT2D eigenvalue weighted by atomic mass is 10.1. The van der Waals surface area contributed by atoms with E-state index in [-0.39, 0.29) is 11.9 Å². The molecule has 5 nitrogen and oxygen atoms in total. The first-order chi connectivity index (χ1) is 11.7. The van der Waals surface area contributed by atoms with Crippen molar-refractivity contribution in [3.8, 4) is 0 Å². The maximum absolute atomic E-state index is 12.5. The van der Waals surface area contributed by atoms with Crippen molar-refractivity contribution in [2.75, 3.05) is 18.8 Å². The SMILES string of the molecule is Cc1nnc(SCCNC(=O)[C@@H]2CCCN2Cc2ccccc2)s1. The highest BCUT2D eigenvalue weighted by molar-refractivity contribution is 8.01. The van der Waals surface area contributed by atoms with E-state index in [1.807, 2.05) is 25.1 Å². The molecule has 128 valence electrons. The van der Waals surface area contributed by atoms with Crippen LogP contribution in [0.5, 0.6) is 0 Å². The Labute approximate surface area is 150 Å². The van der Waals surface area contributed by atoms with Gasteiger partial charge in [0.1, 0.15) is 5.01 Å². The van der Waals surface area contributed by atoms with E-state index in [4.69, 9.17) is 0 Å². The molecule has 0 unspecified atom stereocenters. The molecule has 1 aliphatic heterocycles. The van der Waals surface area contributed by atoms with Crippen LogP contribution in [0.25, 0.3) is 0 Å². The van der Waals surface area contributed by atoms with Crippen molar-refractivity contribution >= 4 is 29.0 Å². The molecule has 1 fully saturated rings. The van der Waals surface area contributed by atoms with Crippen LogP contribution in [0, 0.1) is 6.92 Å². The Balaban J connectivity index is 1.43. The quantitative estimate of drug-likeness (QED) is 0.606. The minimum Gasteiger partial charge on any atom is -0.354 e. The summed E-state index contributed by atoms with van der Waals surface area (Å²) < 4.78 is 0.966. The zero-order valence-electron chi connectivity index (χ0n) is 13.8. The molecule has 2 aromatic rings. The Bertz CT molecular complexity index is 662. The average Bonchev–Trinajstić information content (AvgIpc) is 3.21. The molecule has 0 radical (unpaired) electrons. The first kappa shape index (κ1) is 17.4. The highest BCUT2D eigenvalue weighted by Gasteiger charge is 2.30. The predicted molar refractivity (Wildman–Crippen MR) is 98.3 cm³/mol. The minimum atomic E-state index is -0.000944. The first-order valence-electron chi connectivity index (χ1n) is 8.21. The van der Waals surface area contributed by atoms with Gasteiger partial charge in [0.2, 0.25) is 5.91 Å². The molecule has 1 saturated heterocycles. The van der Waals surface area contributed by atoms with Gasteiger partial charge in [0.15, 0.2) is 4.34 Å². The number of rotatable bonds is 7. The Morgan fingerprint density at radius 2 is 2.21 bits per heavy atom. The maximum Gasteiger partial charge on any atom is 0.237 e. The second-order valence-corrected chi connectivity index (χ2v) is 8.36. The Morgan fingerprint density at radius 1 is 1.38 bits per heavy atom. The number of hydrogen-bond donors (Lipinski definition) is 1. The van der Waals surface area contributed by atoms with Crippen molar-refractivity contribution in [3.05, 3.63) is 40.9 Å². The molecule has 1 aliphatic rings. The number of nitrogens with zero attached hydrogens (tertiary/aromatic N) is 3. The summed E-state index contributed by atoms with van der Waals surface area (Å²) in [6.07, 6.45) is 2.03. The van der Waals surface area contributed by atoms with E-state index in [2.05, 4.69) is 32.5 Å². The molecule has 0 aliphatic carbocycles. The number of likely N-dealkylation sites (tertiary alicyclic amines) is 1. The van der Waals surface area contributed by atoms with E-state index in [0.717, 1.165) is 41.0 Å². The van der Waals surface area contributed by atoms with Gasteiger partial charge in [-0.1, -0.05) is 53.4 Å². The topological polar surface area (TPSA) is 58.1 Å². The number of benzene rings is 1. The van der Waals surface area contributed by atoms with Gasteiger partial charge in [0, 0.05) is 18.8 Å². The fourth-order valence-electron chi connectivity index (χ4n) is 2.90. The van der Waals surface area contributed by atoms with Crippen molar-refractivity contribution < 1.29 is 4.79 Å². The maximum atomic E-state index is 12.5. The van der Waals surface area contributed by atoms with E-state index in [0.29, 0.717) is 6.54 Å². The highest BCUT2D eigenvalue weighted by atomic mass is 32.2. The van der Waals surface area contributed by atoms with Crippen molar-refractivity contribution in [1.82, 2.24) is 20.4 Å². The molecule has 24 heavy (non-hydrogen) atoms. The van der Waals surface area contributed by atoms with Crippen LogP contribution >= 0.6 is 23.1 Å². The summed E-state index contributed by atoms with van der Waals surface area (Å²) in [6, 6.07) is 10.4. The van der Waals surface area contributed by atoms with Crippen LogP contribution in [-0.2, 0) is 11.3 Å². The molecule has 0 spiro atoms. The van der Waals surface area contributed by atoms with E-state index in [9.17, 15) is 4.79 Å². The standard InChI is InChI=1S/C17H22N4OS2/c1-13-19-20-17(24-13)23-11-9-18-16(22)15-8-5-10-21(15)12-14-6-3-2-4-7-14/h2-4,6-7,15H,5,8-12H2,1H3,(H,18,22)/t15-/m0/s1. The molecule has 1 aromatic carbocycles. The molecule has 1 amide bonds. The number of carbonyl (C=O) groups excluding carboxylic acids is 1. The number of aromatic nitrogens is 2. The Hall–Kier alpha value is -1.44. The molecule has 3 rings (SSSR count). The van der Waals surface area contributed by atoms with Gasteiger partial charge in [-0.25, -0.2) is 0 Å². The molecule has 1 atom stereocenters. The molecule has 1 N–H and O–H groups in total. The third kappa shape index (κ3) is 4.78. The monoisotopic (exact) mass is 362 g/mol. The smallest absolute Gasteiger partial charge is 0.237 e. The second kappa shape index (κ2) is 8.60. The zero-order chi connectivity index (χ0) is 16.8. The van der Waals surface area contributed by atoms with Gasteiger partial charge < -0.3 is 5.32 Å². The number of carbonyl (C=O) groups is 1. The minimum absolute atomic E-state index is 0.000944. The predicted octanol–water partition coefficient (Wildman–Crippen LogP) is 2.72. The van der Waals surface area contributed by atoms with Crippen LogP contribution in [0.3, 0.4) is 0 Å². The van der Waals surface area contributed by atoms with Gasteiger partial charge in [-0.2, -0.15) is 0 Å². The summed E-state index contributed by atoms with van der Waals surface area (Å²) >= 11 is 3.24. The van der Waals surface area contributed by atoms with Crippen LogP contribution < -0.4 is 5.32 Å². The number of amides is 1. The van der Waals surface area contributed by atoms with Gasteiger partial charge in [-0.15, -0.1) is 10.2 Å². The average molecular weight is 363 g/mol. The van der Waals surface area contributed by atoms with Crippen molar-refractivity contribution in [3.63, 3.8) is 0 Å². The van der Waals surface area contributed by atoms with Gasteiger partial charge in [-0.05, 0) is 31.9 Å². The molecule has 0 saturated carbocycles. The van der Waals surface area contributed by atoms with E-state index < -0.39 is 0 Å². The summed E-state index contributed by atoms with van der Waals surface area (Å²) in [5.41, 5.74) is 1.26. The number of hydrogen-bond acceptors (Lipinski definition) is 6. The second-order valence-electron chi connectivity index (χ2n) is 5.84. The molecular weight excluding hydrogens is 340 g/mol. The summed E-state index contributed by atoms with van der Waals surface area (Å²) in [5.74, 6) is 0.976. The van der Waals surface area contributed by atoms with Gasteiger partial charge in [0.05, 0.1) is 6.04 Å². The third-order valence-electron chi connectivity index (χ3n) is 4.03. The molecule has 7 heteroatoms. The number of thioether (sulfide) groups is 1. The Morgan fingerprint density at radius 3 is 2.96 bits per heavy atom. The molecule has 1 aromatic heterocycles. The van der Waals surface area contributed by atoms with Crippen LogP contribution in [0.2, 0.25) is 0 Å². The lowest BCUT2D eigenvalue weighted by Gasteiger charge is -2.23. The normalized spacial score (nSPS) is 18.0.